The molecule has 12 heavy (non-hydrogen) atoms. The van der Waals surface area contributed by atoms with E-state index in [1.165, 1.54) is 0 Å². The number of nitrogens with one attached hydrogen (secondary N) is 1. The van der Waals surface area contributed by atoms with Gasteiger partial charge in [0.2, 0.25) is 0 Å². The number of aromatic nitrogens is 2. The monoisotopic (exact) mass is 166 g/mol. The van der Waals surface area contributed by atoms with Crippen LogP contribution in [0.1, 0.15) is 25.8 Å². The molecule has 0 bridgehead atoms. The minimum atomic E-state index is 0.232. The van der Waals surface area contributed by atoms with E-state index in [0.29, 0.717) is 6.42 Å². The van der Waals surface area contributed by atoms with Crippen molar-refractivity contribution in [2.75, 3.05) is 0 Å². The predicted octanol–water partition coefficient (Wildman–Crippen LogP) is 1.16. The topological polar surface area (TPSA) is 67.7 Å². The molecule has 1 atom stereocenters. The van der Waals surface area contributed by atoms with Crippen molar-refractivity contribution in [3.05, 3.63) is 18.7 Å². The number of nitrogens with zero attached hydrogens (tertiary/aromatic N) is 2. The lowest BCUT2D eigenvalue weighted by Gasteiger charge is -2.14. The minimum Gasteiger partial charge on any atom is -0.388 e. The zero-order valence-electron chi connectivity index (χ0n) is 7.20. The first-order chi connectivity index (χ1) is 5.74. The molecule has 1 rings (SSSR count). The van der Waals surface area contributed by atoms with Crippen molar-refractivity contribution >= 4 is 5.84 Å². The van der Waals surface area contributed by atoms with Gasteiger partial charge in [-0.05, 0) is 6.42 Å². The molecule has 1 unspecified atom stereocenters. The first-order valence-electron chi connectivity index (χ1n) is 4.04. The zero-order valence-corrected chi connectivity index (χ0v) is 7.20. The van der Waals surface area contributed by atoms with Gasteiger partial charge in [0.25, 0.3) is 0 Å². The van der Waals surface area contributed by atoms with Gasteiger partial charge >= 0.3 is 0 Å². The van der Waals surface area contributed by atoms with E-state index in [1.807, 2.05) is 10.8 Å². The Balaban J connectivity index is 2.63. The molecule has 1 heterocycles. The summed E-state index contributed by atoms with van der Waals surface area (Å²) in [6.07, 6.45) is 6.97. The Kier molecular flexibility index (Phi) is 2.85. The Hall–Kier alpha value is -1.32. The second-order valence-corrected chi connectivity index (χ2v) is 2.80. The number of hydrogen-bond donors (Lipinski definition) is 2. The van der Waals surface area contributed by atoms with Crippen LogP contribution in [-0.2, 0) is 0 Å². The Morgan fingerprint density at radius 1 is 1.75 bits per heavy atom. The highest BCUT2D eigenvalue weighted by molar-refractivity contribution is 5.77. The van der Waals surface area contributed by atoms with E-state index in [0.717, 1.165) is 6.42 Å². The van der Waals surface area contributed by atoms with Crippen LogP contribution in [0.2, 0.25) is 0 Å². The van der Waals surface area contributed by atoms with Gasteiger partial charge in [0, 0.05) is 24.9 Å². The van der Waals surface area contributed by atoms with Crippen LogP contribution in [-0.4, -0.2) is 15.4 Å². The Labute approximate surface area is 71.9 Å². The molecule has 0 radical (unpaired) electrons. The van der Waals surface area contributed by atoms with Gasteiger partial charge in [-0.2, -0.15) is 0 Å². The van der Waals surface area contributed by atoms with Crippen molar-refractivity contribution in [2.45, 2.75) is 25.8 Å². The first-order valence-corrected chi connectivity index (χ1v) is 4.04. The van der Waals surface area contributed by atoms with Crippen molar-refractivity contribution in [2.24, 2.45) is 5.73 Å². The molecule has 0 saturated carbocycles. The molecule has 0 aromatic carbocycles. The summed E-state index contributed by atoms with van der Waals surface area (Å²) in [6.45, 7) is 2.08. The van der Waals surface area contributed by atoms with Crippen molar-refractivity contribution in [3.63, 3.8) is 0 Å². The maximum absolute atomic E-state index is 7.17. The van der Waals surface area contributed by atoms with E-state index in [1.54, 1.807) is 12.5 Å². The maximum atomic E-state index is 7.17. The standard InChI is InChI=1S/C8H14N4/c1-2-7(5-8(9)10)12-4-3-11-6-12/h3-4,6-7H,2,5H2,1H3,(H3,9,10). The van der Waals surface area contributed by atoms with Crippen molar-refractivity contribution in [1.29, 1.82) is 5.41 Å². The lowest BCUT2D eigenvalue weighted by Crippen LogP contribution is -2.17. The summed E-state index contributed by atoms with van der Waals surface area (Å²) in [7, 11) is 0. The van der Waals surface area contributed by atoms with Crippen molar-refractivity contribution < 1.29 is 0 Å². The van der Waals surface area contributed by atoms with Gasteiger partial charge in [0.1, 0.15) is 0 Å². The largest absolute Gasteiger partial charge is 0.388 e. The molecular weight excluding hydrogens is 152 g/mol. The number of rotatable bonds is 4. The van der Waals surface area contributed by atoms with Crippen LogP contribution < -0.4 is 5.73 Å². The average molecular weight is 166 g/mol. The molecule has 0 aliphatic rings. The number of imidazole rings is 1. The molecule has 66 valence electrons. The van der Waals surface area contributed by atoms with Gasteiger partial charge < -0.3 is 10.3 Å². The van der Waals surface area contributed by atoms with Crippen LogP contribution in [0.5, 0.6) is 0 Å². The molecule has 4 nitrogen and oxygen atoms in total. The lowest BCUT2D eigenvalue weighted by molar-refractivity contribution is 0.500. The van der Waals surface area contributed by atoms with Gasteiger partial charge in [-0.1, -0.05) is 6.92 Å². The van der Waals surface area contributed by atoms with E-state index in [9.17, 15) is 0 Å². The predicted molar refractivity (Wildman–Crippen MR) is 48.1 cm³/mol. The molecule has 0 aliphatic carbocycles. The molecule has 0 saturated heterocycles. The fourth-order valence-corrected chi connectivity index (χ4v) is 1.20. The number of hydrogen-bond acceptors (Lipinski definition) is 2. The smallest absolute Gasteiger partial charge is 0.0948 e. The van der Waals surface area contributed by atoms with Gasteiger partial charge in [-0.3, -0.25) is 5.41 Å². The Morgan fingerprint density at radius 2 is 2.50 bits per heavy atom. The summed E-state index contributed by atoms with van der Waals surface area (Å²) in [4.78, 5) is 3.95. The van der Waals surface area contributed by atoms with E-state index >= 15 is 0 Å². The fraction of sp³-hybridized carbons (Fsp3) is 0.500. The molecule has 0 amide bonds. The molecule has 4 heteroatoms. The summed E-state index contributed by atoms with van der Waals surface area (Å²) >= 11 is 0. The summed E-state index contributed by atoms with van der Waals surface area (Å²) in [5.74, 6) is 0.232. The van der Waals surface area contributed by atoms with Gasteiger partial charge in [0.15, 0.2) is 0 Å². The highest BCUT2D eigenvalue weighted by Gasteiger charge is 2.08. The summed E-state index contributed by atoms with van der Waals surface area (Å²) in [6, 6.07) is 0.282. The van der Waals surface area contributed by atoms with Gasteiger partial charge in [-0.15, -0.1) is 0 Å². The van der Waals surface area contributed by atoms with E-state index in [4.69, 9.17) is 11.1 Å². The van der Waals surface area contributed by atoms with Crippen molar-refractivity contribution in [3.8, 4) is 0 Å². The van der Waals surface area contributed by atoms with Crippen LogP contribution >= 0.6 is 0 Å². The third kappa shape index (κ3) is 2.08. The second kappa shape index (κ2) is 3.90. The molecule has 3 N–H and O–H groups in total. The second-order valence-electron chi connectivity index (χ2n) is 2.80. The minimum absolute atomic E-state index is 0.232. The lowest BCUT2D eigenvalue weighted by atomic mass is 10.1. The van der Waals surface area contributed by atoms with Gasteiger partial charge in [0.05, 0.1) is 12.2 Å². The molecule has 1 aromatic rings. The summed E-state index contributed by atoms with van der Waals surface area (Å²) < 4.78 is 1.99. The number of nitrogens with two attached hydrogens (primary N) is 1. The Morgan fingerprint density at radius 3 is 2.92 bits per heavy atom. The van der Waals surface area contributed by atoms with Gasteiger partial charge in [-0.25, -0.2) is 4.98 Å². The molecule has 0 aliphatic heterocycles. The van der Waals surface area contributed by atoms with Crippen molar-refractivity contribution in [1.82, 2.24) is 9.55 Å². The normalized spacial score (nSPS) is 12.8. The third-order valence-electron chi connectivity index (χ3n) is 1.87. The van der Waals surface area contributed by atoms with Crippen LogP contribution in [0.4, 0.5) is 0 Å². The maximum Gasteiger partial charge on any atom is 0.0948 e. The van der Waals surface area contributed by atoms with Crippen LogP contribution in [0.3, 0.4) is 0 Å². The highest BCUT2D eigenvalue weighted by atomic mass is 15.0. The zero-order chi connectivity index (χ0) is 8.97. The van der Waals surface area contributed by atoms with Crippen LogP contribution in [0.15, 0.2) is 18.7 Å². The number of amidine groups is 1. The SMILES string of the molecule is CCC(CC(=N)N)n1ccnc1. The van der Waals surface area contributed by atoms with E-state index < -0.39 is 0 Å². The first kappa shape index (κ1) is 8.77. The average Bonchev–Trinajstić information content (AvgIpc) is 2.51. The molecule has 0 spiro atoms. The molecule has 1 aromatic heterocycles. The molecule has 0 fully saturated rings. The third-order valence-corrected chi connectivity index (χ3v) is 1.87. The Bertz CT molecular complexity index is 240. The quantitative estimate of drug-likeness (QED) is 0.520. The van der Waals surface area contributed by atoms with Crippen LogP contribution in [0, 0.1) is 5.41 Å². The molecular formula is C8H14N4. The van der Waals surface area contributed by atoms with E-state index in [2.05, 4.69) is 11.9 Å². The summed E-state index contributed by atoms with van der Waals surface area (Å²) in [5, 5.41) is 7.17. The summed E-state index contributed by atoms with van der Waals surface area (Å²) in [5.41, 5.74) is 5.32. The highest BCUT2D eigenvalue weighted by Crippen LogP contribution is 2.14. The van der Waals surface area contributed by atoms with Crippen LogP contribution in [0.25, 0.3) is 0 Å². The van der Waals surface area contributed by atoms with E-state index in [-0.39, 0.29) is 11.9 Å². The fourth-order valence-electron chi connectivity index (χ4n) is 1.20.